The van der Waals surface area contributed by atoms with Crippen molar-refractivity contribution in [3.8, 4) is 0 Å². The molecule has 0 saturated carbocycles. The Labute approximate surface area is 89.0 Å². The zero-order valence-electron chi connectivity index (χ0n) is 8.53. The molecule has 5 heteroatoms. The Hall–Kier alpha value is -1.62. The summed E-state index contributed by atoms with van der Waals surface area (Å²) in [7, 11) is 0. The van der Waals surface area contributed by atoms with Crippen molar-refractivity contribution in [3.63, 3.8) is 0 Å². The van der Waals surface area contributed by atoms with E-state index in [4.69, 9.17) is 0 Å². The summed E-state index contributed by atoms with van der Waals surface area (Å²) in [5.41, 5.74) is 0. The van der Waals surface area contributed by atoms with E-state index in [2.05, 4.69) is 32.5 Å². The quantitative estimate of drug-likeness (QED) is 0.609. The molecule has 1 aliphatic heterocycles. The van der Waals surface area contributed by atoms with E-state index in [1.807, 2.05) is 6.07 Å². The van der Waals surface area contributed by atoms with Crippen LogP contribution in [0.25, 0.3) is 0 Å². The first-order chi connectivity index (χ1) is 7.38. The van der Waals surface area contributed by atoms with Gasteiger partial charge in [0.1, 0.15) is 18.0 Å². The lowest BCUT2D eigenvalue weighted by Gasteiger charge is -2.28. The predicted octanol–water partition coefficient (Wildman–Crippen LogP) is 0.458. The molecule has 0 aliphatic carbocycles. The van der Waals surface area contributed by atoms with Gasteiger partial charge in [-0.05, 0) is 0 Å². The fourth-order valence-corrected chi connectivity index (χ4v) is 1.31. The Balaban J connectivity index is 1.94. The minimum Gasteiger partial charge on any atom is -0.366 e. The standard InChI is InChI=1S/C10H15N5/c1-2-3-12-9-4-10(14-7-13-9)15-8-5-11-6-8/h2,4,7-8,11H,1,3,5-6H2,(H2,12,13,14,15). The summed E-state index contributed by atoms with van der Waals surface area (Å²) in [5.74, 6) is 1.68. The molecule has 1 aromatic heterocycles. The van der Waals surface area contributed by atoms with Gasteiger partial charge in [0, 0.05) is 25.7 Å². The molecule has 0 atom stereocenters. The minimum atomic E-state index is 0.493. The van der Waals surface area contributed by atoms with Crippen molar-refractivity contribution < 1.29 is 0 Å². The highest BCUT2D eigenvalue weighted by Gasteiger charge is 2.16. The number of nitrogens with one attached hydrogen (secondary N) is 3. The second kappa shape index (κ2) is 4.75. The third-order valence-electron chi connectivity index (χ3n) is 2.23. The number of nitrogens with zero attached hydrogens (tertiary/aromatic N) is 2. The van der Waals surface area contributed by atoms with Crippen molar-refractivity contribution in [2.45, 2.75) is 6.04 Å². The summed E-state index contributed by atoms with van der Waals surface area (Å²) in [4.78, 5) is 8.26. The van der Waals surface area contributed by atoms with E-state index in [0.717, 1.165) is 24.7 Å². The van der Waals surface area contributed by atoms with Crippen LogP contribution in [0.2, 0.25) is 0 Å². The normalized spacial score (nSPS) is 15.5. The van der Waals surface area contributed by atoms with Crippen molar-refractivity contribution in [2.24, 2.45) is 0 Å². The first-order valence-electron chi connectivity index (χ1n) is 5.02. The molecule has 3 N–H and O–H groups in total. The van der Waals surface area contributed by atoms with Crippen LogP contribution in [0.4, 0.5) is 11.6 Å². The molecule has 1 aromatic rings. The molecular formula is C10H15N5. The van der Waals surface area contributed by atoms with Crippen LogP contribution in [0.15, 0.2) is 25.0 Å². The molecule has 1 fully saturated rings. The maximum atomic E-state index is 4.15. The Kier molecular flexibility index (Phi) is 3.14. The van der Waals surface area contributed by atoms with Gasteiger partial charge in [0.15, 0.2) is 0 Å². The van der Waals surface area contributed by atoms with Gasteiger partial charge in [0.2, 0.25) is 0 Å². The molecule has 2 heterocycles. The van der Waals surface area contributed by atoms with Crippen molar-refractivity contribution in [2.75, 3.05) is 30.3 Å². The lowest BCUT2D eigenvalue weighted by Crippen LogP contribution is -2.51. The largest absolute Gasteiger partial charge is 0.366 e. The van der Waals surface area contributed by atoms with Gasteiger partial charge in [-0.2, -0.15) is 0 Å². The van der Waals surface area contributed by atoms with E-state index in [9.17, 15) is 0 Å². The van der Waals surface area contributed by atoms with Crippen LogP contribution in [0.5, 0.6) is 0 Å². The summed E-state index contributed by atoms with van der Waals surface area (Å²) in [6, 6.07) is 2.40. The molecule has 0 amide bonds. The van der Waals surface area contributed by atoms with Gasteiger partial charge in [0.05, 0.1) is 6.04 Å². The highest BCUT2D eigenvalue weighted by Crippen LogP contribution is 2.10. The second-order valence-electron chi connectivity index (χ2n) is 3.46. The summed E-state index contributed by atoms with van der Waals surface area (Å²) < 4.78 is 0. The van der Waals surface area contributed by atoms with Gasteiger partial charge in [0.25, 0.3) is 0 Å². The van der Waals surface area contributed by atoms with E-state index < -0.39 is 0 Å². The van der Waals surface area contributed by atoms with Crippen LogP contribution < -0.4 is 16.0 Å². The predicted molar refractivity (Wildman–Crippen MR) is 61.0 cm³/mol. The lowest BCUT2D eigenvalue weighted by atomic mass is 10.2. The van der Waals surface area contributed by atoms with Crippen molar-refractivity contribution >= 4 is 11.6 Å². The minimum absolute atomic E-state index is 0.493. The Morgan fingerprint density at radius 3 is 2.93 bits per heavy atom. The van der Waals surface area contributed by atoms with Gasteiger partial charge < -0.3 is 16.0 Å². The number of hydrogen-bond acceptors (Lipinski definition) is 5. The van der Waals surface area contributed by atoms with Crippen LogP contribution in [-0.2, 0) is 0 Å². The zero-order chi connectivity index (χ0) is 10.5. The van der Waals surface area contributed by atoms with Crippen molar-refractivity contribution in [1.82, 2.24) is 15.3 Å². The summed E-state index contributed by atoms with van der Waals surface area (Å²) in [6.07, 6.45) is 3.35. The average Bonchev–Trinajstić information content (AvgIpc) is 2.21. The van der Waals surface area contributed by atoms with Gasteiger partial charge in [-0.15, -0.1) is 6.58 Å². The molecule has 2 rings (SSSR count). The highest BCUT2D eigenvalue weighted by molar-refractivity contribution is 5.47. The Morgan fingerprint density at radius 2 is 2.27 bits per heavy atom. The molecule has 0 bridgehead atoms. The molecule has 5 nitrogen and oxygen atoms in total. The third kappa shape index (κ3) is 2.66. The van der Waals surface area contributed by atoms with Crippen LogP contribution in [0.1, 0.15) is 0 Å². The monoisotopic (exact) mass is 205 g/mol. The Morgan fingerprint density at radius 1 is 1.47 bits per heavy atom. The molecule has 0 spiro atoms. The molecule has 1 saturated heterocycles. The van der Waals surface area contributed by atoms with E-state index in [1.54, 1.807) is 12.4 Å². The molecule has 80 valence electrons. The van der Waals surface area contributed by atoms with Gasteiger partial charge in [-0.25, -0.2) is 9.97 Å². The molecule has 0 unspecified atom stereocenters. The van der Waals surface area contributed by atoms with Crippen LogP contribution in [-0.4, -0.2) is 35.6 Å². The zero-order valence-corrected chi connectivity index (χ0v) is 8.53. The van der Waals surface area contributed by atoms with Crippen molar-refractivity contribution in [1.29, 1.82) is 0 Å². The van der Waals surface area contributed by atoms with Gasteiger partial charge in [-0.1, -0.05) is 6.08 Å². The number of aromatic nitrogens is 2. The maximum absolute atomic E-state index is 4.15. The van der Waals surface area contributed by atoms with Gasteiger partial charge >= 0.3 is 0 Å². The summed E-state index contributed by atoms with van der Waals surface area (Å²) in [5, 5.41) is 9.63. The van der Waals surface area contributed by atoms with Gasteiger partial charge in [-0.3, -0.25) is 0 Å². The first kappa shape index (κ1) is 9.92. The number of hydrogen-bond donors (Lipinski definition) is 3. The first-order valence-corrected chi connectivity index (χ1v) is 5.02. The van der Waals surface area contributed by atoms with Crippen LogP contribution >= 0.6 is 0 Å². The number of anilines is 2. The van der Waals surface area contributed by atoms with E-state index in [0.29, 0.717) is 12.6 Å². The molecule has 0 radical (unpaired) electrons. The average molecular weight is 205 g/mol. The smallest absolute Gasteiger partial charge is 0.131 e. The highest BCUT2D eigenvalue weighted by atomic mass is 15.1. The summed E-state index contributed by atoms with van der Waals surface area (Å²) >= 11 is 0. The van der Waals surface area contributed by atoms with Crippen LogP contribution in [0, 0.1) is 0 Å². The van der Waals surface area contributed by atoms with E-state index in [-0.39, 0.29) is 0 Å². The van der Waals surface area contributed by atoms with Crippen LogP contribution in [0.3, 0.4) is 0 Å². The maximum Gasteiger partial charge on any atom is 0.131 e. The van der Waals surface area contributed by atoms with E-state index in [1.165, 1.54) is 0 Å². The second-order valence-corrected chi connectivity index (χ2v) is 3.46. The fraction of sp³-hybridized carbons (Fsp3) is 0.400. The molecular weight excluding hydrogens is 190 g/mol. The SMILES string of the molecule is C=CCNc1cc(NC2CNC2)ncn1. The summed E-state index contributed by atoms with van der Waals surface area (Å²) in [6.45, 7) is 6.35. The lowest BCUT2D eigenvalue weighted by molar-refractivity contribution is 0.471. The fourth-order valence-electron chi connectivity index (χ4n) is 1.31. The Bertz CT molecular complexity index is 334. The number of rotatable bonds is 5. The molecule has 15 heavy (non-hydrogen) atoms. The van der Waals surface area contributed by atoms with Crippen molar-refractivity contribution in [3.05, 3.63) is 25.0 Å². The molecule has 0 aromatic carbocycles. The topological polar surface area (TPSA) is 61.9 Å². The molecule has 1 aliphatic rings. The van der Waals surface area contributed by atoms with E-state index >= 15 is 0 Å². The third-order valence-corrected chi connectivity index (χ3v) is 2.23.